The van der Waals surface area contributed by atoms with Crippen LogP contribution in [0.25, 0.3) is 22.6 Å². The van der Waals surface area contributed by atoms with Gasteiger partial charge in [-0.05, 0) is 124 Å². The standard InChI is InChI=1S/C42H55FN4O6Si/c1-41(2,3)53-40(49)46-25-22-28(23-26-46)33(24-27-51-54(8,9)42(4,5)6)34-12-10-11-13-35(34)38-45-36(37(47(38)44)39(48)50-7)29-14-18-31(19-15-29)52-32-20-16-30(43)17-21-32/h10-21,28,33H,22-27,44H2,1-9H3. The predicted octanol–water partition coefficient (Wildman–Crippen LogP) is 9.79. The number of benzene rings is 3. The van der Waals surface area contributed by atoms with E-state index in [-0.39, 0.29) is 34.5 Å². The van der Waals surface area contributed by atoms with Gasteiger partial charge in [0.25, 0.3) is 0 Å². The quantitative estimate of drug-likeness (QED) is 0.0913. The SMILES string of the molecule is COC(=O)c1c(-c2ccc(Oc3ccc(F)cc3)cc2)nc(-c2ccccc2C(CCO[Si](C)(C)C(C)(C)C)C2CCN(C(=O)OC(C)(C)C)CC2)n1N. The van der Waals surface area contributed by atoms with Crippen LogP contribution in [0.5, 0.6) is 11.5 Å². The smallest absolute Gasteiger partial charge is 0.410 e. The summed E-state index contributed by atoms with van der Waals surface area (Å²) in [6.45, 7) is 18.6. The fourth-order valence-corrected chi connectivity index (χ4v) is 7.63. The van der Waals surface area contributed by atoms with Gasteiger partial charge in [0.05, 0.1) is 7.11 Å². The van der Waals surface area contributed by atoms with E-state index < -0.39 is 19.9 Å². The van der Waals surface area contributed by atoms with E-state index in [4.69, 9.17) is 29.5 Å². The molecule has 54 heavy (non-hydrogen) atoms. The van der Waals surface area contributed by atoms with Crippen molar-refractivity contribution in [1.82, 2.24) is 14.6 Å². The van der Waals surface area contributed by atoms with E-state index in [2.05, 4.69) is 39.9 Å². The molecule has 2 N–H and O–H groups in total. The second kappa shape index (κ2) is 16.4. The molecule has 4 aromatic rings. The minimum absolute atomic E-state index is 0.0522. The van der Waals surface area contributed by atoms with Crippen LogP contribution in [-0.2, 0) is 13.9 Å². The van der Waals surface area contributed by atoms with Gasteiger partial charge in [-0.2, -0.15) is 0 Å². The number of methoxy groups -OCH3 is 1. The molecular formula is C42H55FN4O6Si. The minimum Gasteiger partial charge on any atom is -0.464 e. The fourth-order valence-electron chi connectivity index (χ4n) is 6.57. The summed E-state index contributed by atoms with van der Waals surface area (Å²) in [4.78, 5) is 33.1. The molecule has 10 nitrogen and oxygen atoms in total. The van der Waals surface area contributed by atoms with Gasteiger partial charge in [0, 0.05) is 30.8 Å². The first-order chi connectivity index (χ1) is 25.4. The predicted molar refractivity (Wildman–Crippen MR) is 212 cm³/mol. The Kier molecular flexibility index (Phi) is 12.3. The Hall–Kier alpha value is -4.68. The van der Waals surface area contributed by atoms with Crippen molar-refractivity contribution >= 4 is 20.4 Å². The zero-order chi connectivity index (χ0) is 39.4. The van der Waals surface area contributed by atoms with Crippen molar-refractivity contribution in [1.29, 1.82) is 0 Å². The highest BCUT2D eigenvalue weighted by Gasteiger charge is 2.38. The van der Waals surface area contributed by atoms with E-state index in [0.717, 1.165) is 30.4 Å². The molecule has 1 aliphatic heterocycles. The summed E-state index contributed by atoms with van der Waals surface area (Å²) in [5.41, 5.74) is 2.40. The number of nitrogens with zero attached hydrogens (tertiary/aromatic N) is 3. The number of aromatic nitrogens is 2. The zero-order valence-corrected chi connectivity index (χ0v) is 34.1. The lowest BCUT2D eigenvalue weighted by Gasteiger charge is -2.39. The number of piperidine rings is 1. The monoisotopic (exact) mass is 758 g/mol. The molecule has 12 heteroatoms. The number of hydrogen-bond donors (Lipinski definition) is 1. The van der Waals surface area contributed by atoms with Gasteiger partial charge < -0.3 is 29.4 Å². The molecule has 0 spiro atoms. The summed E-state index contributed by atoms with van der Waals surface area (Å²) < 4.78 is 38.2. The number of likely N-dealkylation sites (tertiary alicyclic amines) is 1. The number of carbonyl (C=O) groups excluding carboxylic acids is 2. The molecule has 290 valence electrons. The average molecular weight is 759 g/mol. The lowest BCUT2D eigenvalue weighted by molar-refractivity contribution is 0.0170. The number of esters is 1. The van der Waals surface area contributed by atoms with Gasteiger partial charge in [-0.25, -0.2) is 23.6 Å². The van der Waals surface area contributed by atoms with Crippen LogP contribution in [0.1, 0.15) is 82.8 Å². The molecule has 0 aliphatic carbocycles. The molecule has 2 heterocycles. The maximum absolute atomic E-state index is 13.4. The third kappa shape index (κ3) is 9.51. The van der Waals surface area contributed by atoms with E-state index >= 15 is 0 Å². The molecule has 1 amide bonds. The van der Waals surface area contributed by atoms with Gasteiger partial charge in [-0.1, -0.05) is 45.0 Å². The van der Waals surface area contributed by atoms with Crippen LogP contribution in [0.2, 0.25) is 18.1 Å². The largest absolute Gasteiger partial charge is 0.464 e. The van der Waals surface area contributed by atoms with Gasteiger partial charge in [0.15, 0.2) is 19.8 Å². The van der Waals surface area contributed by atoms with Gasteiger partial charge in [-0.3, -0.25) is 0 Å². The summed E-state index contributed by atoms with van der Waals surface area (Å²) in [5, 5.41) is 0.0649. The minimum atomic E-state index is -2.03. The number of ether oxygens (including phenoxy) is 3. The van der Waals surface area contributed by atoms with Crippen molar-refractivity contribution in [3.8, 4) is 34.1 Å². The number of nitrogen functional groups attached to an aromatic ring is 1. The molecule has 0 radical (unpaired) electrons. The second-order valence-electron chi connectivity index (χ2n) is 16.5. The summed E-state index contributed by atoms with van der Waals surface area (Å²) in [7, 11) is -0.712. The van der Waals surface area contributed by atoms with Gasteiger partial charge in [0.2, 0.25) is 0 Å². The lowest BCUT2D eigenvalue weighted by Crippen LogP contribution is -2.43. The molecule has 1 atom stereocenters. The Bertz CT molecular complexity index is 1910. The van der Waals surface area contributed by atoms with Crippen LogP contribution >= 0.6 is 0 Å². The van der Waals surface area contributed by atoms with Crippen molar-refractivity contribution < 1.29 is 32.6 Å². The second-order valence-corrected chi connectivity index (χ2v) is 21.3. The maximum atomic E-state index is 13.4. The van der Waals surface area contributed by atoms with E-state index in [1.54, 1.807) is 41.3 Å². The first-order valence-electron chi connectivity index (χ1n) is 18.6. The van der Waals surface area contributed by atoms with E-state index in [1.807, 2.05) is 39.0 Å². The zero-order valence-electron chi connectivity index (χ0n) is 33.1. The molecule has 0 bridgehead atoms. The summed E-state index contributed by atoms with van der Waals surface area (Å²) in [5.74, 6) is 7.53. The van der Waals surface area contributed by atoms with Crippen LogP contribution in [0.3, 0.4) is 0 Å². The normalized spacial score (nSPS) is 14.8. The van der Waals surface area contributed by atoms with Crippen molar-refractivity contribution in [3.05, 3.63) is 89.9 Å². The number of nitrogens with two attached hydrogens (primary N) is 1. The molecule has 1 aliphatic rings. The van der Waals surface area contributed by atoms with E-state index in [0.29, 0.717) is 48.3 Å². The summed E-state index contributed by atoms with van der Waals surface area (Å²) in [6, 6.07) is 20.9. The van der Waals surface area contributed by atoms with Crippen LogP contribution in [-0.4, -0.2) is 67.3 Å². The van der Waals surface area contributed by atoms with Gasteiger partial charge in [-0.15, -0.1) is 0 Å². The lowest BCUT2D eigenvalue weighted by atomic mass is 9.77. The van der Waals surface area contributed by atoms with E-state index in [9.17, 15) is 14.0 Å². The highest BCUT2D eigenvalue weighted by Crippen LogP contribution is 2.42. The summed E-state index contributed by atoms with van der Waals surface area (Å²) >= 11 is 0. The number of carbonyl (C=O) groups is 2. The van der Waals surface area contributed by atoms with E-state index in [1.165, 1.54) is 23.9 Å². The summed E-state index contributed by atoms with van der Waals surface area (Å²) in [6.07, 6.45) is 2.06. The Morgan fingerprint density at radius 2 is 1.52 bits per heavy atom. The third-order valence-electron chi connectivity index (χ3n) is 10.5. The number of imidazole rings is 1. The van der Waals surface area contributed by atoms with Crippen LogP contribution in [0, 0.1) is 11.7 Å². The molecule has 3 aromatic carbocycles. The van der Waals surface area contributed by atoms with Crippen molar-refractivity contribution in [2.45, 2.75) is 90.5 Å². The number of amides is 1. The Morgan fingerprint density at radius 1 is 0.926 bits per heavy atom. The molecule has 1 fully saturated rings. The van der Waals surface area contributed by atoms with Crippen molar-refractivity contribution in [2.24, 2.45) is 5.92 Å². The Labute approximate surface area is 319 Å². The van der Waals surface area contributed by atoms with Crippen molar-refractivity contribution in [3.63, 3.8) is 0 Å². The number of hydrogen-bond acceptors (Lipinski definition) is 8. The highest BCUT2D eigenvalue weighted by molar-refractivity contribution is 6.74. The van der Waals surface area contributed by atoms with Crippen molar-refractivity contribution in [2.75, 3.05) is 32.6 Å². The van der Waals surface area contributed by atoms with Crippen LogP contribution in [0.15, 0.2) is 72.8 Å². The maximum Gasteiger partial charge on any atom is 0.410 e. The molecular weight excluding hydrogens is 704 g/mol. The number of halogens is 1. The van der Waals surface area contributed by atoms with Crippen LogP contribution < -0.4 is 10.6 Å². The molecule has 1 aromatic heterocycles. The topological polar surface area (TPSA) is 118 Å². The highest BCUT2D eigenvalue weighted by atomic mass is 28.4. The third-order valence-corrected chi connectivity index (χ3v) is 15.1. The first-order valence-corrected chi connectivity index (χ1v) is 21.5. The Balaban J connectivity index is 1.50. The average Bonchev–Trinajstić information content (AvgIpc) is 3.46. The molecule has 1 unspecified atom stereocenters. The molecule has 5 rings (SSSR count). The molecule has 0 saturated carbocycles. The van der Waals surface area contributed by atoms with Gasteiger partial charge >= 0.3 is 12.1 Å². The molecule has 1 saturated heterocycles. The first kappa shape index (κ1) is 40.5. The Morgan fingerprint density at radius 3 is 2.09 bits per heavy atom. The van der Waals surface area contributed by atoms with Gasteiger partial charge in [0.1, 0.15) is 28.6 Å². The fraction of sp³-hybridized carbons (Fsp3) is 0.452. The van der Waals surface area contributed by atoms with Crippen LogP contribution in [0.4, 0.5) is 9.18 Å². The number of rotatable bonds is 11.